The van der Waals surface area contributed by atoms with Gasteiger partial charge in [-0.2, -0.15) is 0 Å². The molecule has 0 spiro atoms. The Kier molecular flexibility index (Phi) is 8.35. The van der Waals surface area contributed by atoms with Crippen LogP contribution in [0.15, 0.2) is 59.7 Å². The molecule has 0 bridgehead atoms. The first-order valence-electron chi connectivity index (χ1n) is 12.6. The maximum atomic E-state index is 12.8. The van der Waals surface area contributed by atoms with E-state index in [9.17, 15) is 9.59 Å². The number of benzene rings is 1. The lowest BCUT2D eigenvalue weighted by molar-refractivity contribution is -0.144. The van der Waals surface area contributed by atoms with Crippen molar-refractivity contribution in [3.63, 3.8) is 0 Å². The summed E-state index contributed by atoms with van der Waals surface area (Å²) in [7, 11) is 1.35. The van der Waals surface area contributed by atoms with Crippen LogP contribution in [-0.2, 0) is 40.0 Å². The average Bonchev–Trinajstić information content (AvgIpc) is 2.89. The third-order valence-corrected chi connectivity index (χ3v) is 6.78. The number of methoxy groups -OCH3 is 1. The molecule has 1 aromatic heterocycles. The molecular formula is C29H35N3O3. The van der Waals surface area contributed by atoms with Gasteiger partial charge in [-0.15, -0.1) is 0 Å². The minimum absolute atomic E-state index is 0.190. The van der Waals surface area contributed by atoms with Gasteiger partial charge in [-0.3, -0.25) is 4.79 Å². The van der Waals surface area contributed by atoms with E-state index < -0.39 is 12.0 Å². The number of carbonyl (C=O) groups is 2. The molecule has 184 valence electrons. The van der Waals surface area contributed by atoms with Gasteiger partial charge in [-0.25, -0.2) is 9.78 Å². The third-order valence-electron chi connectivity index (χ3n) is 6.78. The SMILES string of the molecule is COC(=O)C(Cc1ccc(CCCc2ccc3c(n2)NCCC3)cc1)NC(=O)C1=C(C)C=CCC1. The zero-order chi connectivity index (χ0) is 24.6. The Morgan fingerprint density at radius 3 is 2.66 bits per heavy atom. The minimum Gasteiger partial charge on any atom is -0.467 e. The molecule has 4 rings (SSSR count). The molecule has 2 aliphatic rings. The van der Waals surface area contributed by atoms with Crippen LogP contribution in [-0.4, -0.2) is 36.6 Å². The molecule has 35 heavy (non-hydrogen) atoms. The Morgan fingerprint density at radius 2 is 1.89 bits per heavy atom. The number of hydrogen-bond acceptors (Lipinski definition) is 5. The van der Waals surface area contributed by atoms with Crippen LogP contribution in [0.5, 0.6) is 0 Å². The Balaban J connectivity index is 1.31. The van der Waals surface area contributed by atoms with E-state index in [1.807, 2.05) is 25.1 Å². The van der Waals surface area contributed by atoms with E-state index in [2.05, 4.69) is 41.0 Å². The van der Waals surface area contributed by atoms with Crippen molar-refractivity contribution in [3.05, 3.63) is 82.1 Å². The topological polar surface area (TPSA) is 80.3 Å². The van der Waals surface area contributed by atoms with Crippen LogP contribution >= 0.6 is 0 Å². The summed E-state index contributed by atoms with van der Waals surface area (Å²) in [6.45, 7) is 2.93. The fourth-order valence-electron chi connectivity index (χ4n) is 4.72. The molecule has 2 N–H and O–H groups in total. The summed E-state index contributed by atoms with van der Waals surface area (Å²) in [5.74, 6) is 0.431. The molecule has 1 aliphatic carbocycles. The first-order chi connectivity index (χ1) is 17.0. The maximum absolute atomic E-state index is 12.8. The van der Waals surface area contributed by atoms with Crippen molar-refractivity contribution in [3.8, 4) is 0 Å². The molecule has 6 nitrogen and oxygen atoms in total. The number of ether oxygens (including phenoxy) is 1. The largest absolute Gasteiger partial charge is 0.467 e. The van der Waals surface area contributed by atoms with Crippen molar-refractivity contribution in [2.24, 2.45) is 0 Å². The van der Waals surface area contributed by atoms with E-state index in [1.54, 1.807) is 0 Å². The molecule has 0 fully saturated rings. The summed E-state index contributed by atoms with van der Waals surface area (Å²) >= 11 is 0. The predicted molar refractivity (Wildman–Crippen MR) is 138 cm³/mol. The Morgan fingerprint density at radius 1 is 1.09 bits per heavy atom. The Bertz CT molecular complexity index is 1120. The van der Waals surface area contributed by atoms with Gasteiger partial charge in [0.05, 0.1) is 7.11 Å². The van der Waals surface area contributed by atoms with E-state index in [4.69, 9.17) is 9.72 Å². The van der Waals surface area contributed by atoms with Crippen LogP contribution < -0.4 is 10.6 Å². The monoisotopic (exact) mass is 473 g/mol. The van der Waals surface area contributed by atoms with Crippen LogP contribution in [0.2, 0.25) is 0 Å². The van der Waals surface area contributed by atoms with Gasteiger partial charge in [0.15, 0.2) is 0 Å². The third kappa shape index (κ3) is 6.59. The van der Waals surface area contributed by atoms with Crippen molar-refractivity contribution in [2.75, 3.05) is 19.0 Å². The van der Waals surface area contributed by atoms with Crippen LogP contribution in [0.1, 0.15) is 55.0 Å². The summed E-state index contributed by atoms with van der Waals surface area (Å²) in [5.41, 5.74) is 6.37. The normalized spacial score (nSPS) is 15.7. The first-order valence-corrected chi connectivity index (χ1v) is 12.6. The lowest BCUT2D eigenvalue weighted by atomic mass is 9.97. The van der Waals surface area contributed by atoms with Crippen molar-refractivity contribution in [1.82, 2.24) is 10.3 Å². The van der Waals surface area contributed by atoms with Gasteiger partial charge in [-0.05, 0) is 80.2 Å². The molecule has 1 unspecified atom stereocenters. The van der Waals surface area contributed by atoms with Crippen LogP contribution in [0.4, 0.5) is 5.82 Å². The summed E-state index contributed by atoms with van der Waals surface area (Å²) in [5, 5.41) is 6.29. The zero-order valence-electron chi connectivity index (χ0n) is 20.7. The molecule has 1 aliphatic heterocycles. The van der Waals surface area contributed by atoms with Gasteiger partial charge in [0.25, 0.3) is 0 Å². The standard InChI is InChI=1S/C29H35N3O3/c1-20-7-3-4-11-25(20)28(33)32-26(29(34)35-2)19-22-14-12-21(13-15-22)8-5-10-24-17-16-23-9-6-18-30-27(23)31-24/h3,7,12-17,26H,4-6,8-11,18-19H2,1-2H3,(H,30,31)(H,32,33). The number of aromatic nitrogens is 1. The molecule has 1 amide bonds. The summed E-state index contributed by atoms with van der Waals surface area (Å²) < 4.78 is 4.96. The summed E-state index contributed by atoms with van der Waals surface area (Å²) in [4.78, 5) is 29.9. The lowest BCUT2D eigenvalue weighted by Gasteiger charge is -2.19. The highest BCUT2D eigenvalue weighted by molar-refractivity contribution is 5.97. The zero-order valence-corrected chi connectivity index (χ0v) is 20.7. The number of allylic oxidation sites excluding steroid dienone is 3. The highest BCUT2D eigenvalue weighted by Gasteiger charge is 2.24. The predicted octanol–water partition coefficient (Wildman–Crippen LogP) is 4.48. The number of carbonyl (C=O) groups excluding carboxylic acids is 2. The van der Waals surface area contributed by atoms with Gasteiger partial charge < -0.3 is 15.4 Å². The molecule has 1 aromatic carbocycles. The number of nitrogens with zero attached hydrogens (tertiary/aromatic N) is 1. The number of hydrogen-bond donors (Lipinski definition) is 2. The van der Waals surface area contributed by atoms with E-state index in [1.165, 1.54) is 24.7 Å². The molecule has 0 saturated carbocycles. The van der Waals surface area contributed by atoms with E-state index in [0.29, 0.717) is 12.8 Å². The van der Waals surface area contributed by atoms with Gasteiger partial charge in [-0.1, -0.05) is 42.5 Å². The highest BCUT2D eigenvalue weighted by atomic mass is 16.5. The second kappa shape index (κ2) is 11.8. The van der Waals surface area contributed by atoms with Gasteiger partial charge in [0.1, 0.15) is 11.9 Å². The van der Waals surface area contributed by atoms with Crippen molar-refractivity contribution in [1.29, 1.82) is 0 Å². The molecule has 0 radical (unpaired) electrons. The van der Waals surface area contributed by atoms with Crippen molar-refractivity contribution >= 4 is 17.7 Å². The van der Waals surface area contributed by atoms with Gasteiger partial charge in [0.2, 0.25) is 5.91 Å². The highest BCUT2D eigenvalue weighted by Crippen LogP contribution is 2.21. The molecule has 2 heterocycles. The Labute approximate surface area is 207 Å². The van der Waals surface area contributed by atoms with E-state index >= 15 is 0 Å². The fourth-order valence-corrected chi connectivity index (χ4v) is 4.72. The van der Waals surface area contributed by atoms with E-state index in [0.717, 1.165) is 66.9 Å². The lowest BCUT2D eigenvalue weighted by Crippen LogP contribution is -2.43. The smallest absolute Gasteiger partial charge is 0.328 e. The molecule has 2 aromatic rings. The number of amides is 1. The second-order valence-corrected chi connectivity index (χ2v) is 9.37. The number of nitrogens with one attached hydrogen (secondary N) is 2. The summed E-state index contributed by atoms with van der Waals surface area (Å²) in [6.07, 6.45) is 11.2. The van der Waals surface area contributed by atoms with Gasteiger partial charge >= 0.3 is 5.97 Å². The quantitative estimate of drug-likeness (QED) is 0.525. The number of fused-ring (bicyclic) bond motifs is 1. The number of aryl methyl sites for hydroxylation is 3. The average molecular weight is 474 g/mol. The first kappa shape index (κ1) is 24.7. The number of pyridine rings is 1. The number of esters is 1. The fraction of sp³-hybridized carbons (Fsp3) is 0.414. The molecule has 1 atom stereocenters. The maximum Gasteiger partial charge on any atom is 0.328 e. The molecular weight excluding hydrogens is 438 g/mol. The van der Waals surface area contributed by atoms with Crippen LogP contribution in [0.25, 0.3) is 0 Å². The second-order valence-electron chi connectivity index (χ2n) is 9.37. The Hall–Kier alpha value is -3.41. The number of anilines is 1. The number of rotatable bonds is 9. The summed E-state index contributed by atoms with van der Waals surface area (Å²) in [6, 6.07) is 11.9. The van der Waals surface area contributed by atoms with Crippen molar-refractivity contribution < 1.29 is 14.3 Å². The van der Waals surface area contributed by atoms with Crippen molar-refractivity contribution in [2.45, 2.75) is 64.3 Å². The molecule has 0 saturated heterocycles. The van der Waals surface area contributed by atoms with Gasteiger partial charge in [0, 0.05) is 24.2 Å². The molecule has 6 heteroatoms. The minimum atomic E-state index is -0.715. The van der Waals surface area contributed by atoms with Crippen LogP contribution in [0, 0.1) is 0 Å². The van der Waals surface area contributed by atoms with Crippen LogP contribution in [0.3, 0.4) is 0 Å². The van der Waals surface area contributed by atoms with E-state index in [-0.39, 0.29) is 5.91 Å².